The molecule has 0 bridgehead atoms. The van der Waals surface area contributed by atoms with Gasteiger partial charge in [0.1, 0.15) is 5.75 Å². The summed E-state index contributed by atoms with van der Waals surface area (Å²) in [6, 6.07) is 8.28. The molecule has 1 fully saturated rings. The predicted octanol–water partition coefficient (Wildman–Crippen LogP) is 1.61. The summed E-state index contributed by atoms with van der Waals surface area (Å²) in [7, 11) is 1.69. The molecule has 2 nitrogen and oxygen atoms in total. The molecule has 0 atom stereocenters. The molecule has 0 unspecified atom stereocenters. The number of rotatable bonds is 2. The summed E-state index contributed by atoms with van der Waals surface area (Å²) in [5, 5.41) is 3.33. The van der Waals surface area contributed by atoms with Gasteiger partial charge in [-0.1, -0.05) is 12.1 Å². The molecule has 1 aliphatic heterocycles. The molecule has 0 aliphatic carbocycles. The molecule has 1 heterocycles. The average molecular weight is 176 g/mol. The molecule has 0 amide bonds. The van der Waals surface area contributed by atoms with Crippen molar-refractivity contribution in [2.75, 3.05) is 20.2 Å². The first-order valence-corrected chi connectivity index (χ1v) is 4.60. The lowest BCUT2D eigenvalue weighted by Gasteiger charge is -2.08. The van der Waals surface area contributed by atoms with Crippen LogP contribution in [0.25, 0.3) is 0 Å². The monoisotopic (exact) mass is 176 g/mol. The number of hydrogen-bond acceptors (Lipinski definition) is 2. The molecular weight excluding hydrogens is 162 g/mol. The van der Waals surface area contributed by atoms with Crippen molar-refractivity contribution in [3.63, 3.8) is 0 Å². The third-order valence-corrected chi connectivity index (χ3v) is 2.44. The van der Waals surface area contributed by atoms with Crippen molar-refractivity contribution >= 4 is 0 Å². The van der Waals surface area contributed by atoms with Crippen LogP contribution in [-0.4, -0.2) is 20.2 Å². The van der Waals surface area contributed by atoms with Crippen molar-refractivity contribution in [2.24, 2.45) is 0 Å². The SMILES string of the molecule is COc1ccc([C]2CCNC2)cc1. The van der Waals surface area contributed by atoms with Crippen molar-refractivity contribution in [1.29, 1.82) is 0 Å². The van der Waals surface area contributed by atoms with Gasteiger partial charge in [-0.3, -0.25) is 0 Å². The van der Waals surface area contributed by atoms with Gasteiger partial charge < -0.3 is 10.1 Å². The van der Waals surface area contributed by atoms with Gasteiger partial charge in [0, 0.05) is 12.5 Å². The Bertz CT molecular complexity index is 262. The van der Waals surface area contributed by atoms with E-state index < -0.39 is 0 Å². The Morgan fingerprint density at radius 1 is 1.23 bits per heavy atom. The van der Waals surface area contributed by atoms with Gasteiger partial charge in [0.25, 0.3) is 0 Å². The standard InChI is InChI=1S/C11H14NO/c1-13-11-4-2-9(3-5-11)10-6-7-12-8-10/h2-5,12H,6-8H2,1H3. The predicted molar refractivity (Wildman–Crippen MR) is 52.8 cm³/mol. The minimum atomic E-state index is 0.926. The summed E-state index contributed by atoms with van der Waals surface area (Å²) >= 11 is 0. The molecule has 1 radical (unpaired) electrons. The van der Waals surface area contributed by atoms with E-state index in [-0.39, 0.29) is 0 Å². The normalized spacial score (nSPS) is 17.6. The number of nitrogens with one attached hydrogen (secondary N) is 1. The molecule has 2 rings (SSSR count). The van der Waals surface area contributed by atoms with Crippen molar-refractivity contribution in [2.45, 2.75) is 6.42 Å². The Labute approximate surface area is 78.9 Å². The Morgan fingerprint density at radius 2 is 2.00 bits per heavy atom. The van der Waals surface area contributed by atoms with Crippen LogP contribution in [0.5, 0.6) is 5.75 Å². The largest absolute Gasteiger partial charge is 0.497 e. The van der Waals surface area contributed by atoms with Crippen LogP contribution in [-0.2, 0) is 0 Å². The fourth-order valence-corrected chi connectivity index (χ4v) is 1.64. The molecule has 1 saturated heterocycles. The topological polar surface area (TPSA) is 21.3 Å². The summed E-state index contributed by atoms with van der Waals surface area (Å²) in [5.41, 5.74) is 1.34. The minimum Gasteiger partial charge on any atom is -0.497 e. The van der Waals surface area contributed by atoms with Gasteiger partial charge >= 0.3 is 0 Å². The molecule has 1 aromatic carbocycles. The van der Waals surface area contributed by atoms with Crippen molar-refractivity contribution < 1.29 is 4.74 Å². The summed E-state index contributed by atoms with van der Waals surface area (Å²) in [6.45, 7) is 2.15. The average Bonchev–Trinajstić information content (AvgIpc) is 2.71. The third kappa shape index (κ3) is 1.83. The highest BCUT2D eigenvalue weighted by molar-refractivity contribution is 5.37. The third-order valence-electron chi connectivity index (χ3n) is 2.44. The molecule has 0 spiro atoms. The first-order chi connectivity index (χ1) is 6.40. The van der Waals surface area contributed by atoms with E-state index in [1.807, 2.05) is 12.1 Å². The first-order valence-electron chi connectivity index (χ1n) is 4.60. The zero-order valence-electron chi connectivity index (χ0n) is 7.84. The summed E-state index contributed by atoms with van der Waals surface area (Å²) in [5.74, 6) is 2.43. The number of benzene rings is 1. The second kappa shape index (κ2) is 3.79. The van der Waals surface area contributed by atoms with Gasteiger partial charge in [0.2, 0.25) is 0 Å². The van der Waals surface area contributed by atoms with Crippen LogP contribution in [0.1, 0.15) is 12.0 Å². The lowest BCUT2D eigenvalue weighted by Crippen LogP contribution is -2.08. The molecule has 0 saturated carbocycles. The number of hydrogen-bond donors (Lipinski definition) is 1. The maximum atomic E-state index is 5.11. The van der Waals surface area contributed by atoms with E-state index in [0.717, 1.165) is 18.8 Å². The van der Waals surface area contributed by atoms with Crippen LogP contribution >= 0.6 is 0 Å². The summed E-state index contributed by atoms with van der Waals surface area (Å²) in [4.78, 5) is 0. The summed E-state index contributed by atoms with van der Waals surface area (Å²) in [6.07, 6.45) is 1.17. The van der Waals surface area contributed by atoms with Crippen LogP contribution in [0.2, 0.25) is 0 Å². The number of methoxy groups -OCH3 is 1. The van der Waals surface area contributed by atoms with E-state index in [0.29, 0.717) is 0 Å². The van der Waals surface area contributed by atoms with E-state index >= 15 is 0 Å². The van der Waals surface area contributed by atoms with E-state index in [9.17, 15) is 0 Å². The molecule has 2 heteroatoms. The van der Waals surface area contributed by atoms with Crippen LogP contribution in [0, 0.1) is 5.92 Å². The van der Waals surface area contributed by atoms with Gasteiger partial charge in [-0.15, -0.1) is 0 Å². The molecular formula is C11H14NO. The van der Waals surface area contributed by atoms with E-state index in [2.05, 4.69) is 17.4 Å². The Hall–Kier alpha value is -1.02. The molecule has 1 aromatic rings. The van der Waals surface area contributed by atoms with Crippen LogP contribution in [0.3, 0.4) is 0 Å². The maximum absolute atomic E-state index is 5.11. The Kier molecular flexibility index (Phi) is 2.50. The van der Waals surface area contributed by atoms with E-state index in [1.54, 1.807) is 7.11 Å². The molecule has 13 heavy (non-hydrogen) atoms. The molecule has 69 valence electrons. The number of ether oxygens (including phenoxy) is 1. The highest BCUT2D eigenvalue weighted by Crippen LogP contribution is 2.22. The highest BCUT2D eigenvalue weighted by Gasteiger charge is 2.16. The van der Waals surface area contributed by atoms with Gasteiger partial charge in [-0.2, -0.15) is 0 Å². The quantitative estimate of drug-likeness (QED) is 0.739. The van der Waals surface area contributed by atoms with E-state index in [4.69, 9.17) is 4.74 Å². The van der Waals surface area contributed by atoms with Crippen LogP contribution in [0.4, 0.5) is 0 Å². The first kappa shape index (κ1) is 8.57. The lowest BCUT2D eigenvalue weighted by molar-refractivity contribution is 0.414. The fourth-order valence-electron chi connectivity index (χ4n) is 1.64. The van der Waals surface area contributed by atoms with Gasteiger partial charge in [-0.05, 0) is 30.7 Å². The van der Waals surface area contributed by atoms with Crippen molar-refractivity contribution in [3.05, 3.63) is 35.7 Å². The maximum Gasteiger partial charge on any atom is 0.118 e. The zero-order valence-corrected chi connectivity index (χ0v) is 7.84. The smallest absolute Gasteiger partial charge is 0.118 e. The summed E-state index contributed by atoms with van der Waals surface area (Å²) < 4.78 is 5.11. The molecule has 1 aliphatic rings. The second-order valence-electron chi connectivity index (χ2n) is 3.26. The second-order valence-corrected chi connectivity index (χ2v) is 3.26. The van der Waals surface area contributed by atoms with Gasteiger partial charge in [-0.25, -0.2) is 0 Å². The Balaban J connectivity index is 2.12. The van der Waals surface area contributed by atoms with Gasteiger partial charge in [0.15, 0.2) is 0 Å². The fraction of sp³-hybridized carbons (Fsp3) is 0.364. The lowest BCUT2D eigenvalue weighted by atomic mass is 9.99. The van der Waals surface area contributed by atoms with Crippen LogP contribution in [0.15, 0.2) is 24.3 Å². The Morgan fingerprint density at radius 3 is 2.54 bits per heavy atom. The zero-order chi connectivity index (χ0) is 9.10. The van der Waals surface area contributed by atoms with Crippen molar-refractivity contribution in [3.8, 4) is 5.75 Å². The highest BCUT2D eigenvalue weighted by atomic mass is 16.5. The van der Waals surface area contributed by atoms with Crippen molar-refractivity contribution in [1.82, 2.24) is 5.32 Å². The van der Waals surface area contributed by atoms with Crippen LogP contribution < -0.4 is 10.1 Å². The van der Waals surface area contributed by atoms with E-state index in [1.165, 1.54) is 17.9 Å². The van der Waals surface area contributed by atoms with Gasteiger partial charge in [0.05, 0.1) is 7.11 Å². The molecule has 1 N–H and O–H groups in total. The minimum absolute atomic E-state index is 0.926. The molecule has 0 aromatic heterocycles.